The topological polar surface area (TPSA) is 72.2 Å². The predicted octanol–water partition coefficient (Wildman–Crippen LogP) is 2.36. The van der Waals surface area contributed by atoms with Crippen molar-refractivity contribution in [2.24, 2.45) is 17.6 Å². The van der Waals surface area contributed by atoms with Crippen molar-refractivity contribution in [3.05, 3.63) is 0 Å². The summed E-state index contributed by atoms with van der Waals surface area (Å²) in [7, 11) is 0. The first kappa shape index (κ1) is 16.0. The van der Waals surface area contributed by atoms with E-state index >= 15 is 0 Å². The highest BCUT2D eigenvalue weighted by Gasteiger charge is 2.20. The fourth-order valence-corrected chi connectivity index (χ4v) is 2.80. The summed E-state index contributed by atoms with van der Waals surface area (Å²) in [4.78, 5) is 23.1. The highest BCUT2D eigenvalue weighted by molar-refractivity contribution is 5.86. The molecule has 1 saturated carbocycles. The van der Waals surface area contributed by atoms with Crippen LogP contribution in [0.25, 0.3) is 0 Å². The molecule has 0 saturated heterocycles. The molecule has 0 aliphatic heterocycles. The van der Waals surface area contributed by atoms with Crippen molar-refractivity contribution in [3.8, 4) is 0 Å². The molecule has 0 radical (unpaired) electrons. The summed E-state index contributed by atoms with van der Waals surface area (Å²) in [6.07, 6.45) is 8.50. The zero-order valence-electron chi connectivity index (χ0n) is 12.3. The molecule has 1 atom stereocenters. The molecular weight excluding hydrogens is 240 g/mol. The molecule has 0 aromatic carbocycles. The SMILES string of the molecule is CC(C)CC(NC(=O)CCC1CCCCC1)C(N)=O. The minimum atomic E-state index is -0.515. The first-order valence-electron chi connectivity index (χ1n) is 7.57. The molecule has 0 heterocycles. The molecule has 4 nitrogen and oxygen atoms in total. The zero-order chi connectivity index (χ0) is 14.3. The Bertz CT molecular complexity index is 297. The molecule has 1 aliphatic rings. The van der Waals surface area contributed by atoms with Gasteiger partial charge in [-0.1, -0.05) is 46.0 Å². The molecular formula is C15H28N2O2. The van der Waals surface area contributed by atoms with E-state index < -0.39 is 11.9 Å². The Kier molecular flexibility index (Phi) is 6.89. The zero-order valence-corrected chi connectivity index (χ0v) is 12.3. The largest absolute Gasteiger partial charge is 0.368 e. The molecule has 2 amide bonds. The van der Waals surface area contributed by atoms with Crippen LogP contribution in [0.2, 0.25) is 0 Å². The van der Waals surface area contributed by atoms with Gasteiger partial charge in [0.05, 0.1) is 0 Å². The summed E-state index contributed by atoms with van der Waals surface area (Å²) in [6, 6.07) is -0.515. The summed E-state index contributed by atoms with van der Waals surface area (Å²) in [5.41, 5.74) is 5.32. The van der Waals surface area contributed by atoms with Gasteiger partial charge in [0, 0.05) is 6.42 Å². The lowest BCUT2D eigenvalue weighted by molar-refractivity contribution is -0.127. The number of nitrogens with one attached hydrogen (secondary N) is 1. The molecule has 0 bridgehead atoms. The monoisotopic (exact) mass is 268 g/mol. The Labute approximate surface area is 116 Å². The number of nitrogens with two attached hydrogens (primary N) is 1. The highest BCUT2D eigenvalue weighted by Crippen LogP contribution is 2.27. The maximum Gasteiger partial charge on any atom is 0.240 e. The van der Waals surface area contributed by atoms with Crippen LogP contribution >= 0.6 is 0 Å². The summed E-state index contributed by atoms with van der Waals surface area (Å²) >= 11 is 0. The van der Waals surface area contributed by atoms with E-state index in [0.29, 0.717) is 24.7 Å². The number of primary amides is 1. The third-order valence-electron chi connectivity index (χ3n) is 3.89. The Hall–Kier alpha value is -1.06. The van der Waals surface area contributed by atoms with Crippen molar-refractivity contribution in [1.82, 2.24) is 5.32 Å². The van der Waals surface area contributed by atoms with Gasteiger partial charge in [-0.2, -0.15) is 0 Å². The molecule has 1 unspecified atom stereocenters. The smallest absolute Gasteiger partial charge is 0.240 e. The van der Waals surface area contributed by atoms with Crippen LogP contribution in [-0.4, -0.2) is 17.9 Å². The van der Waals surface area contributed by atoms with E-state index in [4.69, 9.17) is 5.73 Å². The number of rotatable bonds is 7. The molecule has 0 spiro atoms. The second kappa shape index (κ2) is 8.18. The molecule has 3 N–H and O–H groups in total. The first-order chi connectivity index (χ1) is 8.99. The van der Waals surface area contributed by atoms with Gasteiger partial charge in [0.25, 0.3) is 0 Å². The third kappa shape index (κ3) is 6.60. The molecule has 4 heteroatoms. The predicted molar refractivity (Wildman–Crippen MR) is 76.4 cm³/mol. The van der Waals surface area contributed by atoms with Crippen LogP contribution < -0.4 is 11.1 Å². The van der Waals surface area contributed by atoms with Crippen LogP contribution in [0.3, 0.4) is 0 Å². The summed E-state index contributed by atoms with van der Waals surface area (Å²) in [6.45, 7) is 4.04. The van der Waals surface area contributed by atoms with Crippen LogP contribution in [-0.2, 0) is 9.59 Å². The standard InChI is InChI=1S/C15H28N2O2/c1-11(2)10-13(15(16)19)17-14(18)9-8-12-6-4-3-5-7-12/h11-13H,3-10H2,1-2H3,(H2,16,19)(H,17,18). The normalized spacial score (nSPS) is 18.3. The van der Waals surface area contributed by atoms with Gasteiger partial charge >= 0.3 is 0 Å². The minimum Gasteiger partial charge on any atom is -0.368 e. The number of carbonyl (C=O) groups is 2. The lowest BCUT2D eigenvalue weighted by atomic mass is 9.86. The Morgan fingerprint density at radius 1 is 1.21 bits per heavy atom. The Morgan fingerprint density at radius 3 is 2.37 bits per heavy atom. The molecule has 19 heavy (non-hydrogen) atoms. The van der Waals surface area contributed by atoms with E-state index in [1.54, 1.807) is 0 Å². The summed E-state index contributed by atoms with van der Waals surface area (Å²) in [5.74, 6) is 0.572. The quantitative estimate of drug-likeness (QED) is 0.744. The fraction of sp³-hybridized carbons (Fsp3) is 0.867. The van der Waals surface area contributed by atoms with Crippen molar-refractivity contribution in [3.63, 3.8) is 0 Å². The van der Waals surface area contributed by atoms with Crippen LogP contribution in [0.5, 0.6) is 0 Å². The van der Waals surface area contributed by atoms with E-state index in [9.17, 15) is 9.59 Å². The van der Waals surface area contributed by atoms with Gasteiger partial charge in [-0.15, -0.1) is 0 Å². The third-order valence-corrected chi connectivity index (χ3v) is 3.89. The highest BCUT2D eigenvalue weighted by atomic mass is 16.2. The molecule has 0 aromatic heterocycles. The molecule has 110 valence electrons. The Morgan fingerprint density at radius 2 is 1.84 bits per heavy atom. The van der Waals surface area contributed by atoms with Crippen molar-refractivity contribution in [1.29, 1.82) is 0 Å². The summed E-state index contributed by atoms with van der Waals surface area (Å²) < 4.78 is 0. The molecule has 0 aromatic rings. The second-order valence-corrected chi connectivity index (χ2v) is 6.19. The first-order valence-corrected chi connectivity index (χ1v) is 7.57. The molecule has 1 aliphatic carbocycles. The van der Waals surface area contributed by atoms with E-state index in [1.807, 2.05) is 13.8 Å². The van der Waals surface area contributed by atoms with Crippen LogP contribution in [0, 0.1) is 11.8 Å². The van der Waals surface area contributed by atoms with Crippen molar-refractivity contribution < 1.29 is 9.59 Å². The minimum absolute atomic E-state index is 0.0324. The maximum atomic E-state index is 11.9. The number of carbonyl (C=O) groups excluding carboxylic acids is 2. The lowest BCUT2D eigenvalue weighted by Gasteiger charge is -2.22. The van der Waals surface area contributed by atoms with Crippen molar-refractivity contribution in [2.45, 2.75) is 71.3 Å². The average molecular weight is 268 g/mol. The lowest BCUT2D eigenvalue weighted by Crippen LogP contribution is -2.45. The molecule has 1 fully saturated rings. The van der Waals surface area contributed by atoms with E-state index in [1.165, 1.54) is 32.1 Å². The summed E-state index contributed by atoms with van der Waals surface area (Å²) in [5, 5.41) is 2.77. The fourth-order valence-electron chi connectivity index (χ4n) is 2.80. The van der Waals surface area contributed by atoms with Crippen LogP contribution in [0.4, 0.5) is 0 Å². The van der Waals surface area contributed by atoms with Crippen LogP contribution in [0.15, 0.2) is 0 Å². The van der Waals surface area contributed by atoms with E-state index in [-0.39, 0.29) is 5.91 Å². The van der Waals surface area contributed by atoms with Gasteiger partial charge in [-0.3, -0.25) is 9.59 Å². The van der Waals surface area contributed by atoms with E-state index in [2.05, 4.69) is 5.32 Å². The second-order valence-electron chi connectivity index (χ2n) is 6.19. The van der Waals surface area contributed by atoms with Crippen molar-refractivity contribution in [2.75, 3.05) is 0 Å². The van der Waals surface area contributed by atoms with Crippen molar-refractivity contribution >= 4 is 11.8 Å². The van der Waals surface area contributed by atoms with Gasteiger partial charge in [0.1, 0.15) is 6.04 Å². The van der Waals surface area contributed by atoms with Gasteiger partial charge in [-0.05, 0) is 24.7 Å². The number of amides is 2. The average Bonchev–Trinajstić information content (AvgIpc) is 2.36. The van der Waals surface area contributed by atoms with E-state index in [0.717, 1.165) is 6.42 Å². The number of hydrogen-bond donors (Lipinski definition) is 2. The Balaban J connectivity index is 2.29. The van der Waals surface area contributed by atoms with Gasteiger partial charge < -0.3 is 11.1 Å². The maximum absolute atomic E-state index is 11.9. The van der Waals surface area contributed by atoms with Gasteiger partial charge in [-0.25, -0.2) is 0 Å². The molecule has 1 rings (SSSR count). The van der Waals surface area contributed by atoms with Crippen LogP contribution in [0.1, 0.15) is 65.2 Å². The van der Waals surface area contributed by atoms with Gasteiger partial charge in [0.2, 0.25) is 11.8 Å². The number of hydrogen-bond acceptors (Lipinski definition) is 2. The van der Waals surface area contributed by atoms with Gasteiger partial charge in [0.15, 0.2) is 0 Å².